The van der Waals surface area contributed by atoms with Gasteiger partial charge in [-0.05, 0) is 31.9 Å². The van der Waals surface area contributed by atoms with Crippen molar-refractivity contribution in [3.8, 4) is 5.75 Å². The fourth-order valence-electron chi connectivity index (χ4n) is 3.29. The lowest BCUT2D eigenvalue weighted by atomic mass is 10.1. The van der Waals surface area contributed by atoms with Crippen molar-refractivity contribution >= 4 is 12.1 Å². The second-order valence-electron chi connectivity index (χ2n) is 6.61. The van der Waals surface area contributed by atoms with E-state index < -0.39 is 11.1 Å². The Balaban J connectivity index is 1.73. The molecular weight excluding hydrogens is 340 g/mol. The number of hydrogen-bond acceptors (Lipinski definition) is 5. The quantitative estimate of drug-likeness (QED) is 0.601. The first-order valence-electron chi connectivity index (χ1n) is 8.58. The van der Waals surface area contributed by atoms with Crippen molar-refractivity contribution in [3.05, 3.63) is 39.9 Å². The van der Waals surface area contributed by atoms with E-state index in [-0.39, 0.29) is 18.0 Å². The third kappa shape index (κ3) is 4.10. The Labute approximate surface area is 151 Å². The number of hydrogen-bond donors (Lipinski definition) is 0. The molecule has 2 atom stereocenters. The van der Waals surface area contributed by atoms with Gasteiger partial charge in [0.25, 0.3) is 5.96 Å². The van der Waals surface area contributed by atoms with Crippen LogP contribution in [0.3, 0.4) is 0 Å². The number of carbonyl (C=O) groups excluding carboxylic acids is 1. The number of benzene rings is 1. The number of carbonyl (C=O) groups is 1. The summed E-state index contributed by atoms with van der Waals surface area (Å²) >= 11 is 0. The van der Waals surface area contributed by atoms with Gasteiger partial charge in [-0.2, -0.15) is 0 Å². The van der Waals surface area contributed by atoms with Crippen LogP contribution in [0.25, 0.3) is 0 Å². The summed E-state index contributed by atoms with van der Waals surface area (Å²) in [5.74, 6) is 0.705. The lowest BCUT2D eigenvalue weighted by Crippen LogP contribution is -2.41. The van der Waals surface area contributed by atoms with E-state index in [0.717, 1.165) is 12.0 Å². The van der Waals surface area contributed by atoms with Crippen LogP contribution in [0.4, 0.5) is 4.79 Å². The molecule has 0 N–H and O–H groups in total. The van der Waals surface area contributed by atoms with E-state index in [4.69, 9.17) is 9.47 Å². The topological polar surface area (TPSA) is 97.5 Å². The number of nitrogens with zero attached hydrogens (tertiary/aromatic N) is 4. The lowest BCUT2D eigenvalue weighted by molar-refractivity contribution is -0.486. The minimum atomic E-state index is -0.782. The van der Waals surface area contributed by atoms with Gasteiger partial charge >= 0.3 is 6.09 Å². The molecule has 0 aliphatic carbocycles. The maximum Gasteiger partial charge on any atom is 0.422 e. The predicted molar refractivity (Wildman–Crippen MR) is 93.4 cm³/mol. The van der Waals surface area contributed by atoms with Gasteiger partial charge in [-0.25, -0.2) is 19.8 Å². The number of rotatable bonds is 4. The van der Waals surface area contributed by atoms with E-state index in [1.807, 2.05) is 26.0 Å². The van der Waals surface area contributed by atoms with E-state index in [1.54, 1.807) is 17.0 Å². The maximum absolute atomic E-state index is 12.5. The van der Waals surface area contributed by atoms with Crippen LogP contribution in [0, 0.1) is 23.0 Å². The molecule has 2 aliphatic heterocycles. The molecule has 9 nitrogen and oxygen atoms in total. The monoisotopic (exact) mass is 362 g/mol. The molecule has 0 radical (unpaired) electrons. The van der Waals surface area contributed by atoms with E-state index in [9.17, 15) is 14.9 Å². The van der Waals surface area contributed by atoms with Gasteiger partial charge in [0.2, 0.25) is 0 Å². The van der Waals surface area contributed by atoms with Crippen LogP contribution < -0.4 is 4.74 Å². The molecule has 1 aromatic rings. The summed E-state index contributed by atoms with van der Waals surface area (Å²) in [6, 6.07) is 7.11. The van der Waals surface area contributed by atoms with E-state index in [0.29, 0.717) is 32.0 Å². The zero-order valence-corrected chi connectivity index (χ0v) is 14.8. The zero-order chi connectivity index (χ0) is 18.7. The van der Waals surface area contributed by atoms with Crippen molar-refractivity contribution < 1.29 is 19.3 Å². The molecular formula is C17H22N4O5. The molecule has 2 saturated heterocycles. The first-order chi connectivity index (χ1) is 12.4. The second-order valence-corrected chi connectivity index (χ2v) is 6.61. The molecule has 1 aromatic carbocycles. The normalized spacial score (nSPS) is 24.3. The van der Waals surface area contributed by atoms with E-state index in [2.05, 4.69) is 5.10 Å². The Hall–Kier alpha value is -2.68. The highest BCUT2D eigenvalue weighted by Crippen LogP contribution is 2.23. The summed E-state index contributed by atoms with van der Waals surface area (Å²) < 4.78 is 11.0. The number of aryl methyl sites for hydroxylation is 1. The molecule has 9 heteroatoms. The largest absolute Gasteiger partial charge is 0.422 e. The average molecular weight is 362 g/mol. The summed E-state index contributed by atoms with van der Waals surface area (Å²) in [5, 5.41) is 13.6. The summed E-state index contributed by atoms with van der Waals surface area (Å²) in [5.41, 5.74) is 0.807. The first kappa shape index (κ1) is 18.1. The van der Waals surface area contributed by atoms with Crippen LogP contribution in [-0.2, 0) is 4.74 Å². The third-order valence-corrected chi connectivity index (χ3v) is 4.56. The number of guanidine groups is 1. The van der Waals surface area contributed by atoms with Crippen molar-refractivity contribution in [2.75, 3.05) is 26.2 Å². The molecule has 0 saturated carbocycles. The van der Waals surface area contributed by atoms with Crippen molar-refractivity contribution in [2.24, 2.45) is 11.0 Å². The molecule has 26 heavy (non-hydrogen) atoms. The van der Waals surface area contributed by atoms with Crippen LogP contribution in [0.15, 0.2) is 29.4 Å². The zero-order valence-electron chi connectivity index (χ0n) is 14.8. The maximum atomic E-state index is 12.5. The Morgan fingerprint density at radius 3 is 2.85 bits per heavy atom. The van der Waals surface area contributed by atoms with Gasteiger partial charge in [-0.3, -0.25) is 0 Å². The second kappa shape index (κ2) is 7.69. The number of nitro groups is 1. The van der Waals surface area contributed by atoms with Gasteiger partial charge < -0.3 is 14.4 Å². The van der Waals surface area contributed by atoms with E-state index >= 15 is 0 Å². The van der Waals surface area contributed by atoms with Gasteiger partial charge in [-0.1, -0.05) is 18.2 Å². The van der Waals surface area contributed by atoms with E-state index in [1.165, 1.54) is 4.90 Å². The van der Waals surface area contributed by atoms with Gasteiger partial charge in [0.05, 0.1) is 19.3 Å². The molecule has 2 fully saturated rings. The molecule has 2 unspecified atom stereocenters. The van der Waals surface area contributed by atoms with Crippen LogP contribution in [0.1, 0.15) is 18.9 Å². The standard InChI is InChI=1S/C17H22N4O5/c1-12-5-3-4-6-15(12)26-17(22)20-8-7-19(16(20)18-21(23)24)10-14-9-13(2)25-11-14/h3-6,13-14H,7-11H2,1-2H3. The molecule has 0 spiro atoms. The molecule has 2 aliphatic rings. The molecule has 140 valence electrons. The Bertz CT molecular complexity index is 723. The van der Waals surface area contributed by atoms with Gasteiger partial charge in [0.15, 0.2) is 5.03 Å². The molecule has 0 bridgehead atoms. The first-order valence-corrected chi connectivity index (χ1v) is 8.58. The molecule has 0 aromatic heterocycles. The number of ether oxygens (including phenoxy) is 2. The minimum absolute atomic E-state index is 0.0214. The fraction of sp³-hybridized carbons (Fsp3) is 0.529. The smallest absolute Gasteiger partial charge is 0.410 e. The Kier molecular flexibility index (Phi) is 5.36. The molecule has 3 rings (SSSR count). The number of para-hydroxylation sites is 1. The predicted octanol–water partition coefficient (Wildman–Crippen LogP) is 2.08. The Morgan fingerprint density at radius 1 is 1.42 bits per heavy atom. The van der Waals surface area contributed by atoms with Gasteiger partial charge in [0.1, 0.15) is 10.9 Å². The van der Waals surface area contributed by atoms with Crippen LogP contribution in [0.5, 0.6) is 5.75 Å². The van der Waals surface area contributed by atoms with Crippen molar-refractivity contribution in [2.45, 2.75) is 26.4 Å². The van der Waals surface area contributed by atoms with Gasteiger partial charge in [0, 0.05) is 19.0 Å². The third-order valence-electron chi connectivity index (χ3n) is 4.56. The molecule has 1 amide bonds. The summed E-state index contributed by atoms with van der Waals surface area (Å²) in [6.45, 7) is 5.76. The highest BCUT2D eigenvalue weighted by molar-refractivity contribution is 5.96. The minimum Gasteiger partial charge on any atom is -0.410 e. The number of hydrazone groups is 1. The SMILES string of the molecule is Cc1ccccc1OC(=O)N1CCN(CC2COC(C)C2)C1=N[N+](=O)[O-]. The van der Waals surface area contributed by atoms with Gasteiger partial charge in [-0.15, -0.1) is 0 Å². The van der Waals surface area contributed by atoms with Crippen molar-refractivity contribution in [3.63, 3.8) is 0 Å². The summed E-state index contributed by atoms with van der Waals surface area (Å²) in [6.07, 6.45) is 0.398. The highest BCUT2D eigenvalue weighted by Gasteiger charge is 2.37. The average Bonchev–Trinajstić information content (AvgIpc) is 3.16. The van der Waals surface area contributed by atoms with Crippen molar-refractivity contribution in [1.82, 2.24) is 9.80 Å². The fourth-order valence-corrected chi connectivity index (χ4v) is 3.29. The summed E-state index contributed by atoms with van der Waals surface area (Å²) in [4.78, 5) is 26.5. The van der Waals surface area contributed by atoms with Crippen LogP contribution >= 0.6 is 0 Å². The molecule has 2 heterocycles. The van der Waals surface area contributed by atoms with Crippen molar-refractivity contribution in [1.29, 1.82) is 0 Å². The lowest BCUT2D eigenvalue weighted by Gasteiger charge is -2.21. The van der Waals surface area contributed by atoms with Crippen LogP contribution in [-0.4, -0.2) is 59.2 Å². The highest BCUT2D eigenvalue weighted by atomic mass is 16.7. The van der Waals surface area contributed by atoms with Crippen LogP contribution in [0.2, 0.25) is 0 Å². The summed E-state index contributed by atoms with van der Waals surface area (Å²) in [7, 11) is 0. The Morgan fingerprint density at radius 2 is 2.19 bits per heavy atom. The number of amides is 1.